The predicted octanol–water partition coefficient (Wildman–Crippen LogP) is -1.15. The molecular formula is C7H16AlNO6S. The van der Waals surface area contributed by atoms with Gasteiger partial charge in [0.15, 0.2) is 0 Å². The minimum atomic E-state index is -4.27. The summed E-state index contributed by atoms with van der Waals surface area (Å²) in [6.45, 7) is 1.06. The van der Waals surface area contributed by atoms with Gasteiger partial charge in [-0.05, 0) is 6.42 Å². The first-order valence-corrected chi connectivity index (χ1v) is 8.03. The summed E-state index contributed by atoms with van der Waals surface area (Å²) in [7, 11) is -4.27. The van der Waals surface area contributed by atoms with E-state index in [9.17, 15) is 13.2 Å². The highest BCUT2D eigenvalue weighted by Crippen LogP contribution is 2.01. The van der Waals surface area contributed by atoms with Gasteiger partial charge in [0.25, 0.3) is 10.1 Å². The fraction of sp³-hybridized carbons (Fsp3) is 0.857. The van der Waals surface area contributed by atoms with E-state index >= 15 is 0 Å². The van der Waals surface area contributed by atoms with Gasteiger partial charge in [0.05, 0.1) is 0 Å². The topological polar surface area (TPSA) is 127 Å². The third-order valence-electron chi connectivity index (χ3n) is 1.78. The average Bonchev–Trinajstić information content (AvgIpc) is 2.18. The lowest BCUT2D eigenvalue weighted by molar-refractivity contribution is -0.138. The van der Waals surface area contributed by atoms with E-state index in [1.807, 2.05) is 0 Å². The largest absolute Gasteiger partial charge is 0.503 e. The van der Waals surface area contributed by atoms with E-state index < -0.39 is 27.9 Å². The molecule has 0 unspecified atom stereocenters. The second-order valence-electron chi connectivity index (χ2n) is 3.37. The van der Waals surface area contributed by atoms with Crippen LogP contribution in [-0.4, -0.2) is 58.0 Å². The molecule has 0 aliphatic carbocycles. The lowest BCUT2D eigenvalue weighted by atomic mass is 10.4. The van der Waals surface area contributed by atoms with Crippen LogP contribution in [0.1, 0.15) is 12.8 Å². The van der Waals surface area contributed by atoms with Crippen LogP contribution >= 0.6 is 0 Å². The summed E-state index contributed by atoms with van der Waals surface area (Å²) in [5.41, 5.74) is 4.76. The van der Waals surface area contributed by atoms with Crippen LogP contribution < -0.4 is 5.73 Å². The van der Waals surface area contributed by atoms with Crippen molar-refractivity contribution in [3.63, 3.8) is 0 Å². The second kappa shape index (κ2) is 8.00. The van der Waals surface area contributed by atoms with Gasteiger partial charge in [0.1, 0.15) is 11.8 Å². The van der Waals surface area contributed by atoms with E-state index in [1.54, 1.807) is 0 Å². The van der Waals surface area contributed by atoms with Crippen molar-refractivity contribution >= 4 is 31.6 Å². The average molecular weight is 269 g/mol. The number of aliphatic carboxylic acids is 1. The normalized spacial score (nSPS) is 17.6. The van der Waals surface area contributed by atoms with E-state index in [0.29, 0.717) is 0 Å². The third-order valence-corrected chi connectivity index (χ3v) is 3.93. The minimum Gasteiger partial charge on any atom is -0.503 e. The first-order chi connectivity index (χ1) is 7.33. The zero-order chi connectivity index (χ0) is 12.6. The van der Waals surface area contributed by atoms with E-state index in [2.05, 4.69) is 0 Å². The molecule has 1 aliphatic rings. The number of hydrogen-bond donors (Lipinski definition) is 3. The number of carbonyl (C=O) groups is 1. The molecule has 0 aromatic carbocycles. The Balaban J connectivity index is 0.000000315. The Bertz CT molecular complexity index is 290. The van der Waals surface area contributed by atoms with Crippen molar-refractivity contribution in [3.05, 3.63) is 0 Å². The Morgan fingerprint density at radius 3 is 2.25 bits per heavy atom. The molecule has 16 heavy (non-hydrogen) atoms. The molecular weight excluding hydrogens is 253 g/mol. The molecule has 1 atom stereocenters. The highest BCUT2D eigenvalue weighted by Gasteiger charge is 2.18. The number of carboxylic acids is 1. The van der Waals surface area contributed by atoms with Gasteiger partial charge in [-0.1, -0.05) is 11.7 Å². The molecule has 1 saturated heterocycles. The Hall–Kier alpha value is -0.168. The van der Waals surface area contributed by atoms with Gasteiger partial charge in [-0.15, -0.1) is 0 Å². The molecule has 1 fully saturated rings. The minimum absolute atomic E-state index is 0.00849. The first kappa shape index (κ1) is 15.8. The number of carboxylic acid groups (broad SMARTS) is 1. The molecule has 1 rings (SSSR count). The molecule has 9 heteroatoms. The van der Waals surface area contributed by atoms with Crippen LogP contribution in [0.5, 0.6) is 0 Å². The molecule has 0 saturated carbocycles. The summed E-state index contributed by atoms with van der Waals surface area (Å²) in [5, 5.41) is 9.46. The van der Waals surface area contributed by atoms with Crippen LogP contribution in [-0.2, 0) is 18.7 Å². The van der Waals surface area contributed by atoms with E-state index in [0.717, 1.165) is 6.61 Å². The summed E-state index contributed by atoms with van der Waals surface area (Å²) in [4.78, 5) is 9.88. The van der Waals surface area contributed by atoms with Crippen molar-refractivity contribution in [2.75, 3.05) is 12.4 Å². The van der Waals surface area contributed by atoms with Crippen molar-refractivity contribution in [3.8, 4) is 0 Å². The smallest absolute Gasteiger partial charge is 0.435 e. The summed E-state index contributed by atoms with van der Waals surface area (Å²) in [5.74, 6) is -2.42. The van der Waals surface area contributed by atoms with Gasteiger partial charge in [-0.25, -0.2) is 0 Å². The maximum atomic E-state index is 9.96. The summed E-state index contributed by atoms with van der Waals surface area (Å²) in [6.07, 6.45) is 2.75. The molecule has 0 aromatic rings. The molecule has 0 radical (unpaired) electrons. The molecule has 1 heterocycles. The predicted molar refractivity (Wildman–Crippen MR) is 59.2 cm³/mol. The fourth-order valence-corrected chi connectivity index (χ4v) is 2.75. The Morgan fingerprint density at radius 1 is 1.50 bits per heavy atom. The van der Waals surface area contributed by atoms with Gasteiger partial charge in [-0.2, -0.15) is 8.42 Å². The Labute approximate surface area is 101 Å². The van der Waals surface area contributed by atoms with Gasteiger partial charge < -0.3 is 14.6 Å². The van der Waals surface area contributed by atoms with Gasteiger partial charge >= 0.3 is 21.5 Å². The molecule has 0 spiro atoms. The highest BCUT2D eigenvalue weighted by molar-refractivity contribution is 7.85. The zero-order valence-electron chi connectivity index (χ0n) is 8.83. The molecule has 0 bridgehead atoms. The number of hydrogen-bond acceptors (Lipinski definition) is 5. The Kier molecular flexibility index (Phi) is 7.92. The van der Waals surface area contributed by atoms with Crippen molar-refractivity contribution in [2.45, 2.75) is 24.2 Å². The van der Waals surface area contributed by atoms with Crippen molar-refractivity contribution < 1.29 is 26.7 Å². The van der Waals surface area contributed by atoms with E-state index in [-0.39, 0.29) is 15.6 Å². The van der Waals surface area contributed by atoms with E-state index in [1.165, 1.54) is 18.1 Å². The maximum Gasteiger partial charge on any atom is 0.435 e. The molecule has 1 aliphatic heterocycles. The molecule has 4 N–H and O–H groups in total. The summed E-state index contributed by atoms with van der Waals surface area (Å²) in [6, 6.07) is -1.56. The van der Waals surface area contributed by atoms with Crippen molar-refractivity contribution in [2.24, 2.45) is 5.73 Å². The monoisotopic (exact) mass is 269 g/mol. The van der Waals surface area contributed by atoms with Crippen molar-refractivity contribution in [1.29, 1.82) is 0 Å². The highest BCUT2D eigenvalue weighted by atomic mass is 32.2. The number of rotatable bonds is 3. The van der Waals surface area contributed by atoms with Crippen molar-refractivity contribution in [1.82, 2.24) is 0 Å². The van der Waals surface area contributed by atoms with E-state index in [4.69, 9.17) is 19.2 Å². The standard InChI is InChI=1S/C4H8O.C3H7NO5S.Al.H/c1-2-3-4-5;4-2(3(5)6)1-10(7,8)9;;/h1-4H2;2H,1,4H2,(H,5,6)(H,7,8,9);;/q-1;;+1;/t;2-;;/m.0../s1. The lowest BCUT2D eigenvalue weighted by Gasteiger charge is -2.06. The SMILES string of the molecule is C1C[CH2][AlH][O]C1.N[C@@H](CS(=O)(=O)O)C(=O)O. The van der Waals surface area contributed by atoms with Gasteiger partial charge in [0, 0.05) is 6.61 Å². The lowest BCUT2D eigenvalue weighted by Crippen LogP contribution is -2.36. The fourth-order valence-electron chi connectivity index (χ4n) is 0.985. The third kappa shape index (κ3) is 10.4. The summed E-state index contributed by atoms with van der Waals surface area (Å²) >= 11 is 0.00849. The Morgan fingerprint density at radius 2 is 2.12 bits per heavy atom. The van der Waals surface area contributed by atoms with Crippen LogP contribution in [0.3, 0.4) is 0 Å². The zero-order valence-corrected chi connectivity index (χ0v) is 11.1. The van der Waals surface area contributed by atoms with Crippen LogP contribution in [0.4, 0.5) is 0 Å². The molecule has 0 amide bonds. The van der Waals surface area contributed by atoms with Gasteiger partial charge in [0.2, 0.25) is 0 Å². The van der Waals surface area contributed by atoms with Crippen LogP contribution in [0.25, 0.3) is 0 Å². The van der Waals surface area contributed by atoms with Gasteiger partial charge in [-0.3, -0.25) is 9.35 Å². The second-order valence-corrected chi connectivity index (χ2v) is 6.39. The molecule has 94 valence electrons. The van der Waals surface area contributed by atoms with Crippen LogP contribution in [0.15, 0.2) is 0 Å². The quantitative estimate of drug-likeness (QED) is 0.436. The number of nitrogens with two attached hydrogens (primary N) is 1. The van der Waals surface area contributed by atoms with Crippen LogP contribution in [0.2, 0.25) is 5.28 Å². The first-order valence-electron chi connectivity index (χ1n) is 4.84. The molecule has 0 aromatic heterocycles. The summed E-state index contributed by atoms with van der Waals surface area (Å²) < 4.78 is 33.2. The maximum absolute atomic E-state index is 9.96. The molecule has 7 nitrogen and oxygen atoms in total. The van der Waals surface area contributed by atoms with Crippen LogP contribution in [0, 0.1) is 0 Å².